The Kier molecular flexibility index (Phi) is 4.48. The first kappa shape index (κ1) is 13.8. The summed E-state index contributed by atoms with van der Waals surface area (Å²) in [6.45, 7) is 3.29. The molecule has 1 aliphatic carbocycles. The average Bonchev–Trinajstić information content (AvgIpc) is 3.13. The summed E-state index contributed by atoms with van der Waals surface area (Å²) in [5.74, 6) is 0. The van der Waals surface area contributed by atoms with Crippen LogP contribution >= 0.6 is 11.3 Å². The van der Waals surface area contributed by atoms with Gasteiger partial charge in [-0.15, -0.1) is 11.3 Å². The van der Waals surface area contributed by atoms with E-state index in [9.17, 15) is 0 Å². The Labute approximate surface area is 125 Å². The van der Waals surface area contributed by atoms with Gasteiger partial charge in [-0.05, 0) is 48.9 Å². The highest BCUT2D eigenvalue weighted by atomic mass is 32.1. The van der Waals surface area contributed by atoms with Crippen molar-refractivity contribution in [3.63, 3.8) is 0 Å². The van der Waals surface area contributed by atoms with E-state index in [0.717, 1.165) is 13.0 Å². The highest BCUT2D eigenvalue weighted by Gasteiger charge is 2.16. The van der Waals surface area contributed by atoms with Gasteiger partial charge in [0, 0.05) is 23.5 Å². The second-order valence-electron chi connectivity index (χ2n) is 5.56. The molecule has 0 amide bonds. The highest BCUT2D eigenvalue weighted by molar-refractivity contribution is 7.09. The van der Waals surface area contributed by atoms with Gasteiger partial charge in [-0.1, -0.05) is 25.1 Å². The first-order chi connectivity index (χ1) is 9.86. The van der Waals surface area contributed by atoms with Gasteiger partial charge in [-0.25, -0.2) is 0 Å². The van der Waals surface area contributed by atoms with Crippen molar-refractivity contribution in [3.8, 4) is 0 Å². The van der Waals surface area contributed by atoms with Crippen LogP contribution in [0.2, 0.25) is 0 Å². The van der Waals surface area contributed by atoms with E-state index >= 15 is 0 Å². The van der Waals surface area contributed by atoms with Gasteiger partial charge in [0.15, 0.2) is 0 Å². The molecule has 1 unspecified atom stereocenters. The van der Waals surface area contributed by atoms with Crippen molar-refractivity contribution in [2.24, 2.45) is 0 Å². The predicted octanol–water partition coefficient (Wildman–Crippen LogP) is 3.92. The largest absolute Gasteiger partial charge is 0.310 e. The van der Waals surface area contributed by atoms with Crippen LogP contribution in [0.1, 0.15) is 47.4 Å². The smallest absolute Gasteiger partial charge is 0.0794 e. The van der Waals surface area contributed by atoms with Crippen molar-refractivity contribution in [2.75, 3.05) is 6.54 Å². The van der Waals surface area contributed by atoms with Gasteiger partial charge in [-0.3, -0.25) is 4.98 Å². The molecule has 1 N–H and O–H groups in total. The Balaban J connectivity index is 1.80. The number of benzene rings is 1. The lowest BCUT2D eigenvalue weighted by molar-refractivity contribution is 0.531. The third-order valence-electron chi connectivity index (χ3n) is 4.05. The third-order valence-corrected chi connectivity index (χ3v) is 4.86. The van der Waals surface area contributed by atoms with Crippen molar-refractivity contribution in [1.29, 1.82) is 0 Å². The topological polar surface area (TPSA) is 24.9 Å². The van der Waals surface area contributed by atoms with Crippen LogP contribution in [0.5, 0.6) is 0 Å². The van der Waals surface area contributed by atoms with Crippen LogP contribution in [-0.4, -0.2) is 11.5 Å². The predicted molar refractivity (Wildman–Crippen MR) is 85.3 cm³/mol. The van der Waals surface area contributed by atoms with Crippen LogP contribution in [0.4, 0.5) is 0 Å². The molecule has 2 nitrogen and oxygen atoms in total. The minimum atomic E-state index is 0.418. The van der Waals surface area contributed by atoms with Crippen LogP contribution in [0.3, 0.4) is 0 Å². The first-order valence-electron chi connectivity index (χ1n) is 7.59. The Morgan fingerprint density at radius 3 is 3.00 bits per heavy atom. The number of hydrogen-bond acceptors (Lipinski definition) is 3. The summed E-state index contributed by atoms with van der Waals surface area (Å²) in [6.07, 6.45) is 8.05. The molecular formula is C17H22N2S. The third kappa shape index (κ3) is 3.10. The molecule has 3 rings (SSSR count). The SMILES string of the molecule is CCCNC(Cc1cncs1)c1ccc2c(c1)CCC2. The Morgan fingerprint density at radius 1 is 1.30 bits per heavy atom. The van der Waals surface area contributed by atoms with E-state index in [-0.39, 0.29) is 0 Å². The number of aryl methyl sites for hydroxylation is 2. The molecule has 1 aliphatic rings. The second kappa shape index (κ2) is 6.51. The lowest BCUT2D eigenvalue weighted by atomic mass is 9.98. The summed E-state index contributed by atoms with van der Waals surface area (Å²) < 4.78 is 0. The van der Waals surface area contributed by atoms with E-state index in [1.54, 1.807) is 22.5 Å². The van der Waals surface area contributed by atoms with Crippen molar-refractivity contribution in [2.45, 2.75) is 45.1 Å². The number of hydrogen-bond donors (Lipinski definition) is 1. The Bertz CT molecular complexity index is 548. The van der Waals surface area contributed by atoms with E-state index < -0.39 is 0 Å². The Hall–Kier alpha value is -1.19. The summed E-state index contributed by atoms with van der Waals surface area (Å²) in [7, 11) is 0. The number of aromatic nitrogens is 1. The zero-order valence-corrected chi connectivity index (χ0v) is 12.9. The Morgan fingerprint density at radius 2 is 2.20 bits per heavy atom. The second-order valence-corrected chi connectivity index (χ2v) is 6.53. The molecule has 0 bridgehead atoms. The van der Waals surface area contributed by atoms with E-state index in [0.29, 0.717) is 6.04 Å². The quantitative estimate of drug-likeness (QED) is 0.870. The van der Waals surface area contributed by atoms with Crippen molar-refractivity contribution in [3.05, 3.63) is 51.5 Å². The maximum atomic E-state index is 4.20. The molecule has 20 heavy (non-hydrogen) atoms. The van der Waals surface area contributed by atoms with Gasteiger partial charge in [0.25, 0.3) is 0 Å². The summed E-state index contributed by atoms with van der Waals surface area (Å²) in [5.41, 5.74) is 6.48. The minimum absolute atomic E-state index is 0.418. The van der Waals surface area contributed by atoms with Crippen molar-refractivity contribution in [1.82, 2.24) is 10.3 Å². The molecule has 0 aliphatic heterocycles. The number of thiazole rings is 1. The van der Waals surface area contributed by atoms with Gasteiger partial charge >= 0.3 is 0 Å². The highest BCUT2D eigenvalue weighted by Crippen LogP contribution is 2.27. The van der Waals surface area contributed by atoms with Crippen LogP contribution in [0.25, 0.3) is 0 Å². The molecule has 2 aromatic rings. The van der Waals surface area contributed by atoms with Gasteiger partial charge in [-0.2, -0.15) is 0 Å². The fraction of sp³-hybridized carbons (Fsp3) is 0.471. The first-order valence-corrected chi connectivity index (χ1v) is 8.47. The summed E-state index contributed by atoms with van der Waals surface area (Å²) in [4.78, 5) is 5.56. The lowest BCUT2D eigenvalue weighted by Gasteiger charge is -2.19. The van der Waals surface area contributed by atoms with E-state index in [1.165, 1.54) is 36.1 Å². The number of fused-ring (bicyclic) bond motifs is 1. The van der Waals surface area contributed by atoms with E-state index in [2.05, 4.69) is 35.4 Å². The van der Waals surface area contributed by atoms with Crippen LogP contribution in [0.15, 0.2) is 29.9 Å². The fourth-order valence-electron chi connectivity index (χ4n) is 2.98. The van der Waals surface area contributed by atoms with Gasteiger partial charge in [0.2, 0.25) is 0 Å². The van der Waals surface area contributed by atoms with Gasteiger partial charge in [0.05, 0.1) is 5.51 Å². The van der Waals surface area contributed by atoms with Gasteiger partial charge < -0.3 is 5.32 Å². The van der Waals surface area contributed by atoms with E-state index in [1.807, 2.05) is 11.7 Å². The molecule has 1 heterocycles. The summed E-state index contributed by atoms with van der Waals surface area (Å²) >= 11 is 1.75. The summed E-state index contributed by atoms with van der Waals surface area (Å²) in [6, 6.07) is 7.50. The molecule has 1 atom stereocenters. The number of nitrogens with zero attached hydrogens (tertiary/aromatic N) is 1. The maximum Gasteiger partial charge on any atom is 0.0794 e. The zero-order valence-electron chi connectivity index (χ0n) is 12.1. The summed E-state index contributed by atoms with van der Waals surface area (Å²) in [5, 5.41) is 3.69. The molecule has 3 heteroatoms. The molecule has 0 saturated carbocycles. The standard InChI is InChI=1S/C17H22N2S/c1-2-8-19-17(10-16-11-18-12-20-16)15-7-6-13-4-3-5-14(13)9-15/h6-7,9,11-12,17,19H,2-5,8,10H2,1H3. The number of rotatable bonds is 6. The molecule has 0 fully saturated rings. The zero-order chi connectivity index (χ0) is 13.8. The monoisotopic (exact) mass is 286 g/mol. The van der Waals surface area contributed by atoms with Crippen LogP contribution < -0.4 is 5.32 Å². The molecule has 1 aromatic heterocycles. The molecule has 0 spiro atoms. The van der Waals surface area contributed by atoms with Crippen molar-refractivity contribution >= 4 is 11.3 Å². The van der Waals surface area contributed by atoms with E-state index in [4.69, 9.17) is 0 Å². The van der Waals surface area contributed by atoms with Gasteiger partial charge in [0.1, 0.15) is 0 Å². The van der Waals surface area contributed by atoms with Crippen molar-refractivity contribution < 1.29 is 0 Å². The van der Waals surface area contributed by atoms with Crippen LogP contribution in [0, 0.1) is 0 Å². The number of nitrogens with one attached hydrogen (secondary N) is 1. The maximum absolute atomic E-state index is 4.20. The molecule has 106 valence electrons. The lowest BCUT2D eigenvalue weighted by Crippen LogP contribution is -2.24. The van der Waals surface area contributed by atoms with Crippen LogP contribution in [-0.2, 0) is 19.3 Å². The fourth-order valence-corrected chi connectivity index (χ4v) is 3.62. The molecular weight excluding hydrogens is 264 g/mol. The average molecular weight is 286 g/mol. The minimum Gasteiger partial charge on any atom is -0.310 e. The molecule has 0 saturated heterocycles. The molecule has 0 radical (unpaired) electrons. The normalized spacial score (nSPS) is 15.2. The molecule has 1 aromatic carbocycles.